The minimum absolute atomic E-state index is 0.0401. The van der Waals surface area contributed by atoms with Gasteiger partial charge in [0.15, 0.2) is 0 Å². The topological polar surface area (TPSA) is 84.9 Å². The molecule has 0 aliphatic carbocycles. The Bertz CT molecular complexity index is 689. The molecule has 134 valence electrons. The number of carbonyl (C=O) groups excluding carboxylic acids is 1. The van der Waals surface area contributed by atoms with Gasteiger partial charge in [0, 0.05) is 26.2 Å². The van der Waals surface area contributed by atoms with E-state index in [2.05, 4.69) is 5.32 Å². The van der Waals surface area contributed by atoms with Crippen molar-refractivity contribution in [3.8, 4) is 0 Å². The lowest BCUT2D eigenvalue weighted by Gasteiger charge is -2.26. The molecule has 1 amide bonds. The van der Waals surface area contributed by atoms with Crippen LogP contribution in [0, 0.1) is 0 Å². The number of methoxy groups -OCH3 is 1. The summed E-state index contributed by atoms with van der Waals surface area (Å²) < 4.78 is 36.8. The Labute approximate surface area is 146 Å². The van der Waals surface area contributed by atoms with Gasteiger partial charge >= 0.3 is 0 Å². The number of amides is 1. The molecule has 0 aromatic heterocycles. The molecule has 9 heteroatoms. The third-order valence-electron chi connectivity index (χ3n) is 3.58. The Balaban J connectivity index is 2.26. The number of rotatable bonds is 6. The number of hydrogen-bond acceptors (Lipinski definition) is 5. The number of nitrogens with one attached hydrogen (secondary N) is 1. The van der Waals surface area contributed by atoms with Crippen LogP contribution in [0.2, 0.25) is 5.02 Å². The van der Waals surface area contributed by atoms with Crippen LogP contribution in [0.3, 0.4) is 0 Å². The van der Waals surface area contributed by atoms with Crippen LogP contribution in [0.15, 0.2) is 23.1 Å². The summed E-state index contributed by atoms with van der Waals surface area (Å²) in [4.78, 5) is 12.4. The quantitative estimate of drug-likeness (QED) is 0.804. The lowest BCUT2D eigenvalue weighted by molar-refractivity contribution is 0.0730. The normalized spacial score (nSPS) is 17.5. The molecule has 0 spiro atoms. The van der Waals surface area contributed by atoms with Crippen LogP contribution in [0.25, 0.3) is 0 Å². The maximum absolute atomic E-state index is 12.7. The molecule has 7 nitrogen and oxygen atoms in total. The number of halogens is 1. The molecule has 1 N–H and O–H groups in total. The smallest absolute Gasteiger partial charge is 0.253 e. The van der Waals surface area contributed by atoms with E-state index in [1.165, 1.54) is 29.6 Å². The van der Waals surface area contributed by atoms with E-state index in [-0.39, 0.29) is 34.6 Å². The van der Waals surface area contributed by atoms with Crippen molar-refractivity contribution >= 4 is 27.5 Å². The molecule has 1 aliphatic rings. The summed E-state index contributed by atoms with van der Waals surface area (Å²) in [6.45, 7) is 3.41. The highest BCUT2D eigenvalue weighted by molar-refractivity contribution is 7.89. The van der Waals surface area contributed by atoms with Crippen LogP contribution in [0.4, 0.5) is 0 Å². The van der Waals surface area contributed by atoms with Gasteiger partial charge in [-0.25, -0.2) is 8.42 Å². The van der Waals surface area contributed by atoms with Gasteiger partial charge in [-0.15, -0.1) is 0 Å². The molecule has 1 aliphatic heterocycles. The zero-order chi connectivity index (χ0) is 17.7. The van der Waals surface area contributed by atoms with Crippen LogP contribution in [0.1, 0.15) is 17.3 Å². The standard InChI is InChI=1S/C15H21ClN2O5S/c1-11(10-22-2)17-15(19)13-9-12(3-4-14(13)16)24(20,21)18-5-7-23-8-6-18/h3-4,9,11H,5-8,10H2,1-2H3,(H,17,19)/t11-/m1/s1. The van der Waals surface area contributed by atoms with Gasteiger partial charge in [0.2, 0.25) is 10.0 Å². The fraction of sp³-hybridized carbons (Fsp3) is 0.533. The molecule has 1 atom stereocenters. The molecular formula is C15H21ClN2O5S. The number of benzene rings is 1. The molecule has 0 radical (unpaired) electrons. The lowest BCUT2D eigenvalue weighted by Crippen LogP contribution is -2.40. The van der Waals surface area contributed by atoms with E-state index < -0.39 is 15.9 Å². The molecule has 24 heavy (non-hydrogen) atoms. The molecular weight excluding hydrogens is 356 g/mol. The van der Waals surface area contributed by atoms with Crippen molar-refractivity contribution in [1.29, 1.82) is 0 Å². The maximum Gasteiger partial charge on any atom is 0.253 e. The summed E-state index contributed by atoms with van der Waals surface area (Å²) in [5.74, 6) is -0.441. The average molecular weight is 377 g/mol. The second-order valence-corrected chi connectivity index (χ2v) is 7.83. The minimum atomic E-state index is -3.68. The largest absolute Gasteiger partial charge is 0.383 e. The van der Waals surface area contributed by atoms with Crippen LogP contribution >= 0.6 is 11.6 Å². The van der Waals surface area contributed by atoms with Crippen molar-refractivity contribution in [2.75, 3.05) is 40.0 Å². The van der Waals surface area contributed by atoms with E-state index in [1.807, 2.05) is 0 Å². The van der Waals surface area contributed by atoms with Crippen LogP contribution in [-0.2, 0) is 19.5 Å². The van der Waals surface area contributed by atoms with Gasteiger partial charge in [0.05, 0.1) is 35.3 Å². The first-order valence-electron chi connectivity index (χ1n) is 7.53. The van der Waals surface area contributed by atoms with Gasteiger partial charge < -0.3 is 14.8 Å². The second kappa shape index (κ2) is 8.26. The van der Waals surface area contributed by atoms with Crippen LogP contribution in [0.5, 0.6) is 0 Å². The maximum atomic E-state index is 12.7. The molecule has 0 saturated carbocycles. The fourth-order valence-corrected chi connectivity index (χ4v) is 4.01. The van der Waals surface area contributed by atoms with Gasteiger partial charge in [0.1, 0.15) is 0 Å². The molecule has 1 aromatic carbocycles. The third-order valence-corrected chi connectivity index (χ3v) is 5.81. The summed E-state index contributed by atoms with van der Waals surface area (Å²) in [5.41, 5.74) is 0.119. The number of carbonyl (C=O) groups is 1. The summed E-state index contributed by atoms with van der Waals surface area (Å²) in [6.07, 6.45) is 0. The summed E-state index contributed by atoms with van der Waals surface area (Å²) in [6, 6.07) is 3.91. The van der Waals surface area contributed by atoms with Crippen molar-refractivity contribution in [1.82, 2.24) is 9.62 Å². The molecule has 1 fully saturated rings. The van der Waals surface area contributed by atoms with Crippen molar-refractivity contribution in [3.05, 3.63) is 28.8 Å². The number of ether oxygens (including phenoxy) is 2. The molecule has 0 unspecified atom stereocenters. The number of nitrogens with zero attached hydrogens (tertiary/aromatic N) is 1. The molecule has 1 aromatic rings. The Hall–Kier alpha value is -1.19. The average Bonchev–Trinajstić information content (AvgIpc) is 2.56. The Morgan fingerprint density at radius 2 is 2.08 bits per heavy atom. The SMILES string of the molecule is COC[C@@H](C)NC(=O)c1cc(S(=O)(=O)N2CCOCC2)ccc1Cl. The number of morpholine rings is 1. The first kappa shape index (κ1) is 19.1. The van der Waals surface area contributed by atoms with E-state index in [1.54, 1.807) is 6.92 Å². The van der Waals surface area contributed by atoms with Gasteiger partial charge in [-0.1, -0.05) is 11.6 Å². The van der Waals surface area contributed by atoms with Crippen LogP contribution in [-0.4, -0.2) is 64.7 Å². The molecule has 2 rings (SSSR count). The fourth-order valence-electron chi connectivity index (χ4n) is 2.37. The van der Waals surface area contributed by atoms with Gasteiger partial charge in [-0.05, 0) is 25.1 Å². The Morgan fingerprint density at radius 1 is 1.42 bits per heavy atom. The highest BCUT2D eigenvalue weighted by Gasteiger charge is 2.27. The summed E-state index contributed by atoms with van der Waals surface area (Å²) in [5, 5.41) is 2.91. The van der Waals surface area contributed by atoms with Gasteiger partial charge in [-0.3, -0.25) is 4.79 Å². The molecule has 0 bridgehead atoms. The number of sulfonamides is 1. The number of hydrogen-bond donors (Lipinski definition) is 1. The van der Waals surface area contributed by atoms with Gasteiger partial charge in [-0.2, -0.15) is 4.31 Å². The van der Waals surface area contributed by atoms with E-state index in [9.17, 15) is 13.2 Å². The molecule has 1 saturated heterocycles. The summed E-state index contributed by atoms with van der Waals surface area (Å²) >= 11 is 6.07. The predicted molar refractivity (Wildman–Crippen MR) is 89.8 cm³/mol. The van der Waals surface area contributed by atoms with E-state index in [0.29, 0.717) is 19.8 Å². The Kier molecular flexibility index (Phi) is 6.59. The minimum Gasteiger partial charge on any atom is -0.383 e. The Morgan fingerprint density at radius 3 is 2.71 bits per heavy atom. The summed E-state index contributed by atoms with van der Waals surface area (Å²) in [7, 11) is -2.15. The van der Waals surface area contributed by atoms with Crippen molar-refractivity contribution in [2.45, 2.75) is 17.9 Å². The highest BCUT2D eigenvalue weighted by Crippen LogP contribution is 2.23. The van der Waals surface area contributed by atoms with E-state index in [4.69, 9.17) is 21.1 Å². The lowest BCUT2D eigenvalue weighted by atomic mass is 10.2. The van der Waals surface area contributed by atoms with Crippen LogP contribution < -0.4 is 5.32 Å². The monoisotopic (exact) mass is 376 g/mol. The molecule has 1 heterocycles. The van der Waals surface area contributed by atoms with Crippen molar-refractivity contribution < 1.29 is 22.7 Å². The zero-order valence-electron chi connectivity index (χ0n) is 13.6. The zero-order valence-corrected chi connectivity index (χ0v) is 15.2. The first-order valence-corrected chi connectivity index (χ1v) is 9.35. The van der Waals surface area contributed by atoms with Crippen molar-refractivity contribution in [2.24, 2.45) is 0 Å². The first-order chi connectivity index (χ1) is 11.4. The third kappa shape index (κ3) is 4.46. The van der Waals surface area contributed by atoms with Crippen molar-refractivity contribution in [3.63, 3.8) is 0 Å². The predicted octanol–water partition coefficient (Wildman–Crippen LogP) is 1.13. The van der Waals surface area contributed by atoms with E-state index in [0.717, 1.165) is 0 Å². The second-order valence-electron chi connectivity index (χ2n) is 5.49. The van der Waals surface area contributed by atoms with Gasteiger partial charge in [0.25, 0.3) is 5.91 Å². The highest BCUT2D eigenvalue weighted by atomic mass is 35.5. The van der Waals surface area contributed by atoms with E-state index >= 15 is 0 Å².